The number of aliphatic hydroxyl groups excluding tert-OH is 2. The Morgan fingerprint density at radius 1 is 1.16 bits per heavy atom. The van der Waals surface area contributed by atoms with Crippen molar-refractivity contribution in [2.24, 2.45) is 23.5 Å². The van der Waals surface area contributed by atoms with Crippen LogP contribution in [0.5, 0.6) is 5.75 Å². The number of aryl methyl sites for hydroxylation is 1. The summed E-state index contributed by atoms with van der Waals surface area (Å²) in [7, 11) is 3.17. The fourth-order valence-electron chi connectivity index (χ4n) is 6.60. The molecule has 6 N–H and O–H groups in total. The molecule has 3 aliphatic rings. The number of rotatable bonds is 7. The number of aliphatic hydroxyl groups is 3. The molecule has 1 fully saturated rings. The molecule has 200 valence electrons. The molecule has 0 bridgehead atoms. The molecular weight excluding hydrogens is 476 g/mol. The van der Waals surface area contributed by atoms with Gasteiger partial charge < -0.3 is 26.2 Å². The van der Waals surface area contributed by atoms with E-state index in [0.29, 0.717) is 12.3 Å². The van der Waals surface area contributed by atoms with E-state index < -0.39 is 58.0 Å². The first-order valence-electron chi connectivity index (χ1n) is 12.9. The van der Waals surface area contributed by atoms with Crippen molar-refractivity contribution in [3.63, 3.8) is 0 Å². The van der Waals surface area contributed by atoms with Crippen LogP contribution in [-0.4, -0.2) is 68.5 Å². The van der Waals surface area contributed by atoms with Gasteiger partial charge in [0.15, 0.2) is 11.4 Å². The summed E-state index contributed by atoms with van der Waals surface area (Å²) in [6.45, 7) is 4.30. The number of ketones is 2. The Balaban J connectivity index is 1.87. The van der Waals surface area contributed by atoms with Crippen molar-refractivity contribution in [2.45, 2.75) is 64.0 Å². The highest BCUT2D eigenvalue weighted by Crippen LogP contribution is 2.53. The average Bonchev–Trinajstić information content (AvgIpc) is 2.82. The van der Waals surface area contributed by atoms with E-state index in [1.807, 2.05) is 6.07 Å². The summed E-state index contributed by atoms with van der Waals surface area (Å²) in [5.41, 5.74) is 3.67. The predicted octanol–water partition coefficient (Wildman–Crippen LogP) is 2.33. The number of aromatic hydroxyl groups is 1. The minimum atomic E-state index is -2.62. The lowest BCUT2D eigenvalue weighted by Crippen LogP contribution is -2.65. The molecule has 0 saturated heterocycles. The van der Waals surface area contributed by atoms with E-state index >= 15 is 0 Å². The molecule has 4 atom stereocenters. The van der Waals surface area contributed by atoms with E-state index in [2.05, 4.69) is 13.8 Å². The number of fused-ring (bicyclic) bond motifs is 3. The minimum absolute atomic E-state index is 0.0907. The van der Waals surface area contributed by atoms with E-state index in [1.54, 1.807) is 14.1 Å². The van der Waals surface area contributed by atoms with Gasteiger partial charge in [-0.15, -0.1) is 0 Å². The molecule has 3 aliphatic carbocycles. The van der Waals surface area contributed by atoms with Crippen LogP contribution >= 0.6 is 0 Å². The number of phenolic OH excluding ortho intramolecular Hbond substituents is 1. The Morgan fingerprint density at radius 3 is 2.38 bits per heavy atom. The fourth-order valence-corrected chi connectivity index (χ4v) is 6.60. The Labute approximate surface area is 216 Å². The lowest BCUT2D eigenvalue weighted by Gasteiger charge is -2.50. The van der Waals surface area contributed by atoms with Crippen molar-refractivity contribution >= 4 is 23.2 Å². The van der Waals surface area contributed by atoms with Gasteiger partial charge in [0.05, 0.1) is 11.6 Å². The van der Waals surface area contributed by atoms with Gasteiger partial charge in [-0.25, -0.2) is 0 Å². The van der Waals surface area contributed by atoms with Gasteiger partial charge in [-0.2, -0.15) is 0 Å². The lowest BCUT2D eigenvalue weighted by molar-refractivity contribution is -0.153. The number of likely N-dealkylation sites (N-methyl/N-ethyl adjacent to an activating group) is 1. The Morgan fingerprint density at radius 2 is 1.81 bits per heavy atom. The molecule has 4 rings (SSSR count). The number of phenols is 1. The zero-order chi connectivity index (χ0) is 27.4. The van der Waals surface area contributed by atoms with Crippen LogP contribution in [0.4, 0.5) is 0 Å². The highest BCUT2D eigenvalue weighted by atomic mass is 16.3. The molecule has 0 aromatic heterocycles. The summed E-state index contributed by atoms with van der Waals surface area (Å²) in [6, 6.07) is 2.25. The molecule has 0 radical (unpaired) electrons. The monoisotopic (exact) mass is 512 g/mol. The molecule has 2 unspecified atom stereocenters. The smallest absolute Gasteiger partial charge is 0.255 e. The topological polar surface area (TPSA) is 161 Å². The molecule has 9 heteroatoms. The normalized spacial score (nSPS) is 27.5. The summed E-state index contributed by atoms with van der Waals surface area (Å²) >= 11 is 0. The third-order valence-electron chi connectivity index (χ3n) is 8.68. The maximum atomic E-state index is 13.9. The van der Waals surface area contributed by atoms with Gasteiger partial charge >= 0.3 is 0 Å². The van der Waals surface area contributed by atoms with E-state index in [1.165, 1.54) is 11.0 Å². The molecule has 9 nitrogen and oxygen atoms in total. The summed E-state index contributed by atoms with van der Waals surface area (Å²) in [6.07, 6.45) is 4.20. The van der Waals surface area contributed by atoms with Gasteiger partial charge in [-0.1, -0.05) is 32.8 Å². The van der Waals surface area contributed by atoms with Crippen LogP contribution < -0.4 is 5.73 Å². The number of hydrogen-bond acceptors (Lipinski definition) is 8. The second kappa shape index (κ2) is 9.61. The summed E-state index contributed by atoms with van der Waals surface area (Å²) in [5.74, 6) is -5.79. The maximum Gasteiger partial charge on any atom is 0.255 e. The summed E-state index contributed by atoms with van der Waals surface area (Å²) in [4.78, 5) is 40.6. The molecule has 1 amide bonds. The SMILES string of the molecule is CCC(CC)CCc1ccc(O)c2c1CC1CC3[C@H](N(C)C)C(=O)C(C(N)=O)=C(O)[C@@]3(O)C(=O)C1=C2O. The first-order chi connectivity index (χ1) is 17.4. The van der Waals surface area contributed by atoms with Crippen LogP contribution in [0.15, 0.2) is 29.0 Å². The Hall–Kier alpha value is -3.17. The van der Waals surface area contributed by atoms with Crippen LogP contribution in [0.3, 0.4) is 0 Å². The number of Topliss-reactive ketones (excluding diaryl/α,β-unsaturated/α-hetero) is 2. The molecule has 0 aliphatic heterocycles. The second-order valence-electron chi connectivity index (χ2n) is 10.8. The zero-order valence-corrected chi connectivity index (χ0v) is 21.7. The van der Waals surface area contributed by atoms with Crippen LogP contribution in [0, 0.1) is 17.8 Å². The van der Waals surface area contributed by atoms with Crippen molar-refractivity contribution < 1.29 is 34.8 Å². The number of carbonyl (C=O) groups excluding carboxylic acids is 3. The van der Waals surface area contributed by atoms with Gasteiger partial charge in [-0.05, 0) is 68.8 Å². The third kappa shape index (κ3) is 3.95. The third-order valence-corrected chi connectivity index (χ3v) is 8.68. The average molecular weight is 513 g/mol. The highest BCUT2D eigenvalue weighted by molar-refractivity contribution is 6.24. The van der Waals surface area contributed by atoms with Crippen LogP contribution in [0.1, 0.15) is 56.2 Å². The Kier molecular flexibility index (Phi) is 6.98. The molecule has 1 aromatic rings. The number of nitrogens with zero attached hydrogens (tertiary/aromatic N) is 1. The molecular formula is C28H36N2O7. The predicted molar refractivity (Wildman–Crippen MR) is 137 cm³/mol. The first kappa shape index (κ1) is 26.9. The standard InChI is InChI=1S/C28H36N2O7/c1-5-13(6-2)7-8-14-9-10-18(31)20-16(14)11-15-12-17-22(30(3)4)24(33)21(27(29)36)26(35)28(17,37)25(34)19(15)23(20)32/h9-10,13,15,17,22,31-32,35,37H,5-8,11-12H2,1-4H3,(H2,29,36)/t15?,17?,22-,28-/m0/s1. The molecule has 0 heterocycles. The van der Waals surface area contributed by atoms with Crippen LogP contribution in [0.25, 0.3) is 5.76 Å². The number of nitrogens with two attached hydrogens (primary N) is 1. The highest BCUT2D eigenvalue weighted by Gasteiger charge is 2.64. The van der Waals surface area contributed by atoms with Gasteiger partial charge in [0, 0.05) is 11.5 Å². The quantitative estimate of drug-likeness (QED) is 0.348. The largest absolute Gasteiger partial charge is 0.508 e. The van der Waals surface area contributed by atoms with Crippen molar-refractivity contribution in [1.82, 2.24) is 4.90 Å². The first-order valence-corrected chi connectivity index (χ1v) is 12.9. The van der Waals surface area contributed by atoms with Gasteiger partial charge in [0.1, 0.15) is 22.8 Å². The molecule has 1 aromatic carbocycles. The lowest BCUT2D eigenvalue weighted by atomic mass is 9.57. The Bertz CT molecular complexity index is 1230. The number of amides is 1. The molecule has 0 spiro atoms. The van der Waals surface area contributed by atoms with Gasteiger partial charge in [0.25, 0.3) is 5.91 Å². The second-order valence-corrected chi connectivity index (χ2v) is 10.8. The van der Waals surface area contributed by atoms with Crippen LogP contribution in [-0.2, 0) is 27.2 Å². The van der Waals surface area contributed by atoms with Crippen molar-refractivity contribution in [3.8, 4) is 5.75 Å². The zero-order valence-electron chi connectivity index (χ0n) is 21.7. The van der Waals surface area contributed by atoms with E-state index in [4.69, 9.17) is 5.73 Å². The van der Waals surface area contributed by atoms with Gasteiger partial charge in [0.2, 0.25) is 5.78 Å². The van der Waals surface area contributed by atoms with Gasteiger partial charge in [-0.3, -0.25) is 19.3 Å². The van der Waals surface area contributed by atoms with E-state index in [-0.39, 0.29) is 23.3 Å². The maximum absolute atomic E-state index is 13.9. The van der Waals surface area contributed by atoms with Crippen LogP contribution in [0.2, 0.25) is 0 Å². The summed E-state index contributed by atoms with van der Waals surface area (Å²) < 4.78 is 0. The van der Waals surface area contributed by atoms with E-state index in [0.717, 1.165) is 36.8 Å². The summed E-state index contributed by atoms with van der Waals surface area (Å²) in [5, 5.41) is 44.5. The van der Waals surface area contributed by atoms with Crippen molar-refractivity contribution in [3.05, 3.63) is 45.7 Å². The molecule has 37 heavy (non-hydrogen) atoms. The van der Waals surface area contributed by atoms with Crippen molar-refractivity contribution in [2.75, 3.05) is 14.1 Å². The number of benzene rings is 1. The number of hydrogen-bond donors (Lipinski definition) is 5. The minimum Gasteiger partial charge on any atom is -0.508 e. The number of primary amides is 1. The molecule has 1 saturated carbocycles. The van der Waals surface area contributed by atoms with Crippen molar-refractivity contribution in [1.29, 1.82) is 0 Å². The fraction of sp³-hybridized carbons (Fsp3) is 0.536. The van der Waals surface area contributed by atoms with E-state index in [9.17, 15) is 34.8 Å². The number of carbonyl (C=O) groups is 3.